The first kappa shape index (κ1) is 8.46. The van der Waals surface area contributed by atoms with E-state index in [0.717, 1.165) is 5.69 Å². The fourth-order valence-electron chi connectivity index (χ4n) is 0.692. The minimum atomic E-state index is 0.429. The molecule has 0 radical (unpaired) electrons. The van der Waals surface area contributed by atoms with E-state index < -0.39 is 0 Å². The molecule has 1 aromatic rings. The van der Waals surface area contributed by atoms with Crippen LogP contribution in [0.3, 0.4) is 0 Å². The van der Waals surface area contributed by atoms with Crippen LogP contribution in [0.1, 0.15) is 6.92 Å². The highest BCUT2D eigenvalue weighted by molar-refractivity contribution is 6.27. The van der Waals surface area contributed by atoms with Gasteiger partial charge in [0.05, 0.1) is 11.4 Å². The van der Waals surface area contributed by atoms with Crippen molar-refractivity contribution in [3.63, 3.8) is 0 Å². The van der Waals surface area contributed by atoms with Crippen LogP contribution < -0.4 is 5.43 Å². The number of hydrogen-bond acceptors (Lipinski definition) is 3. The van der Waals surface area contributed by atoms with E-state index in [1.807, 2.05) is 30.3 Å². The Kier molecular flexibility index (Phi) is 3.02. The van der Waals surface area contributed by atoms with Gasteiger partial charge < -0.3 is 0 Å². The Hall–Kier alpha value is -1.64. The molecule has 0 aliphatic carbocycles. The molecule has 0 bridgehead atoms. The van der Waals surface area contributed by atoms with Gasteiger partial charge in [-0.2, -0.15) is 5.10 Å². The highest BCUT2D eigenvalue weighted by Gasteiger charge is 1.86. The predicted octanol–water partition coefficient (Wildman–Crippen LogP) is 1.67. The number of nitrogens with zero attached hydrogens (tertiary/aromatic N) is 1. The van der Waals surface area contributed by atoms with Gasteiger partial charge in [0.1, 0.15) is 0 Å². The Balaban J connectivity index is 2.60. The first-order valence-corrected chi connectivity index (χ1v) is 3.63. The van der Waals surface area contributed by atoms with Crippen LogP contribution in [0.4, 0.5) is 5.69 Å². The van der Waals surface area contributed by atoms with Crippen molar-refractivity contribution in [3.05, 3.63) is 30.3 Å². The van der Waals surface area contributed by atoms with E-state index in [2.05, 4.69) is 10.5 Å². The molecule has 1 rings (SSSR count). The fraction of sp³-hybridized carbons (Fsp3) is 0.111. The summed E-state index contributed by atoms with van der Waals surface area (Å²) < 4.78 is 0. The van der Waals surface area contributed by atoms with Gasteiger partial charge in [0.15, 0.2) is 6.29 Å². The van der Waals surface area contributed by atoms with Crippen molar-refractivity contribution in [1.29, 1.82) is 0 Å². The van der Waals surface area contributed by atoms with Crippen molar-refractivity contribution >= 4 is 17.7 Å². The molecular formula is C9H10N2O. The summed E-state index contributed by atoms with van der Waals surface area (Å²) in [6.07, 6.45) is 0.704. The zero-order valence-corrected chi connectivity index (χ0v) is 6.82. The van der Waals surface area contributed by atoms with Gasteiger partial charge in [0, 0.05) is 0 Å². The Labute approximate surface area is 71.1 Å². The monoisotopic (exact) mass is 162 g/mol. The van der Waals surface area contributed by atoms with Crippen LogP contribution in [0.5, 0.6) is 0 Å². The maximum absolute atomic E-state index is 10.2. The molecule has 0 saturated heterocycles. The number of benzene rings is 1. The molecule has 0 unspecified atom stereocenters. The number of anilines is 1. The summed E-state index contributed by atoms with van der Waals surface area (Å²) >= 11 is 0. The maximum Gasteiger partial charge on any atom is 0.165 e. The second-order valence-corrected chi connectivity index (χ2v) is 2.35. The summed E-state index contributed by atoms with van der Waals surface area (Å²) in [7, 11) is 0. The van der Waals surface area contributed by atoms with Crippen LogP contribution >= 0.6 is 0 Å². The zero-order valence-electron chi connectivity index (χ0n) is 6.82. The Bertz CT molecular complexity index is 280. The van der Waals surface area contributed by atoms with Crippen molar-refractivity contribution in [2.45, 2.75) is 6.92 Å². The SMILES string of the molecule is C/C(C=O)=N/Nc1ccccc1. The zero-order chi connectivity index (χ0) is 8.81. The number of aldehydes is 1. The third-order valence-corrected chi connectivity index (χ3v) is 1.31. The molecule has 1 N–H and O–H groups in total. The molecule has 62 valence electrons. The molecule has 0 aliphatic rings. The first-order valence-electron chi connectivity index (χ1n) is 3.63. The lowest BCUT2D eigenvalue weighted by Crippen LogP contribution is -1.97. The number of nitrogens with one attached hydrogen (secondary N) is 1. The molecule has 0 aromatic heterocycles. The van der Waals surface area contributed by atoms with Crippen molar-refractivity contribution in [2.75, 3.05) is 5.43 Å². The lowest BCUT2D eigenvalue weighted by molar-refractivity contribution is -0.102. The number of hydrazone groups is 1. The smallest absolute Gasteiger partial charge is 0.165 e. The van der Waals surface area contributed by atoms with Crippen LogP contribution in [0.2, 0.25) is 0 Å². The van der Waals surface area contributed by atoms with E-state index >= 15 is 0 Å². The molecular weight excluding hydrogens is 152 g/mol. The number of carbonyl (C=O) groups excluding carboxylic acids is 1. The van der Waals surface area contributed by atoms with Crippen molar-refractivity contribution < 1.29 is 4.79 Å². The van der Waals surface area contributed by atoms with Gasteiger partial charge in [-0.1, -0.05) is 18.2 Å². The summed E-state index contributed by atoms with van der Waals surface area (Å²) in [5, 5.41) is 3.81. The third-order valence-electron chi connectivity index (χ3n) is 1.31. The van der Waals surface area contributed by atoms with Crippen LogP contribution in [-0.4, -0.2) is 12.0 Å². The minimum absolute atomic E-state index is 0.429. The van der Waals surface area contributed by atoms with Gasteiger partial charge in [0.2, 0.25) is 0 Å². The molecule has 0 saturated carbocycles. The fourth-order valence-corrected chi connectivity index (χ4v) is 0.692. The largest absolute Gasteiger partial charge is 0.296 e. The van der Waals surface area contributed by atoms with Gasteiger partial charge in [-0.25, -0.2) is 0 Å². The molecule has 0 heterocycles. The van der Waals surface area contributed by atoms with Crippen molar-refractivity contribution in [1.82, 2.24) is 0 Å². The van der Waals surface area contributed by atoms with E-state index in [0.29, 0.717) is 12.0 Å². The normalized spacial score (nSPS) is 10.9. The number of hydrogen-bond donors (Lipinski definition) is 1. The molecule has 0 fully saturated rings. The van der Waals surface area contributed by atoms with Crippen molar-refractivity contribution in [2.24, 2.45) is 5.10 Å². The molecule has 3 nitrogen and oxygen atoms in total. The highest BCUT2D eigenvalue weighted by Crippen LogP contribution is 2.03. The third kappa shape index (κ3) is 2.54. The van der Waals surface area contributed by atoms with Crippen LogP contribution in [0.15, 0.2) is 35.4 Å². The topological polar surface area (TPSA) is 41.5 Å². The van der Waals surface area contributed by atoms with E-state index in [9.17, 15) is 4.79 Å². The lowest BCUT2D eigenvalue weighted by Gasteiger charge is -1.97. The molecule has 1 aromatic carbocycles. The molecule has 0 amide bonds. The average Bonchev–Trinajstić information content (AvgIpc) is 2.16. The van der Waals surface area contributed by atoms with Gasteiger partial charge >= 0.3 is 0 Å². The van der Waals surface area contributed by atoms with Crippen LogP contribution in [0, 0.1) is 0 Å². The van der Waals surface area contributed by atoms with E-state index in [-0.39, 0.29) is 0 Å². The predicted molar refractivity (Wildman–Crippen MR) is 49.2 cm³/mol. The maximum atomic E-state index is 10.2. The van der Waals surface area contributed by atoms with E-state index in [1.54, 1.807) is 6.92 Å². The van der Waals surface area contributed by atoms with Gasteiger partial charge in [-0.3, -0.25) is 10.2 Å². The summed E-state index contributed by atoms with van der Waals surface area (Å²) in [6.45, 7) is 1.64. The van der Waals surface area contributed by atoms with Crippen LogP contribution in [0.25, 0.3) is 0 Å². The molecule has 0 atom stereocenters. The second kappa shape index (κ2) is 4.28. The molecule has 0 aliphatic heterocycles. The quantitative estimate of drug-likeness (QED) is 0.417. The second-order valence-electron chi connectivity index (χ2n) is 2.35. The Morgan fingerprint density at radius 1 is 1.42 bits per heavy atom. The summed E-state index contributed by atoms with van der Waals surface area (Å²) in [6, 6.07) is 9.47. The van der Waals surface area contributed by atoms with Gasteiger partial charge in [0.25, 0.3) is 0 Å². The molecule has 3 heteroatoms. The Morgan fingerprint density at radius 2 is 2.08 bits per heavy atom. The molecule has 0 spiro atoms. The summed E-state index contributed by atoms with van der Waals surface area (Å²) in [5.74, 6) is 0. The van der Waals surface area contributed by atoms with E-state index in [4.69, 9.17) is 0 Å². The summed E-state index contributed by atoms with van der Waals surface area (Å²) in [5.41, 5.74) is 4.06. The standard InChI is InChI=1S/C9H10N2O/c1-8(7-12)10-11-9-5-3-2-4-6-9/h2-7,11H,1H3/b10-8-. The van der Waals surface area contributed by atoms with Crippen LogP contribution in [-0.2, 0) is 4.79 Å². The average molecular weight is 162 g/mol. The first-order chi connectivity index (χ1) is 5.83. The number of para-hydroxylation sites is 1. The Morgan fingerprint density at radius 3 is 2.67 bits per heavy atom. The van der Waals surface area contributed by atoms with Gasteiger partial charge in [-0.05, 0) is 19.1 Å². The minimum Gasteiger partial charge on any atom is -0.296 e. The number of carbonyl (C=O) groups is 1. The highest BCUT2D eigenvalue weighted by atomic mass is 16.1. The van der Waals surface area contributed by atoms with Crippen molar-refractivity contribution in [3.8, 4) is 0 Å². The lowest BCUT2D eigenvalue weighted by atomic mass is 10.3. The van der Waals surface area contributed by atoms with E-state index in [1.165, 1.54) is 0 Å². The van der Waals surface area contributed by atoms with Gasteiger partial charge in [-0.15, -0.1) is 0 Å². The molecule has 12 heavy (non-hydrogen) atoms. The summed E-state index contributed by atoms with van der Waals surface area (Å²) in [4.78, 5) is 10.2. The number of rotatable bonds is 3.